The molecule has 1 heterocycles. The Morgan fingerprint density at radius 3 is 2.67 bits per heavy atom. The van der Waals surface area contributed by atoms with Crippen LogP contribution < -0.4 is 2.59 Å². The van der Waals surface area contributed by atoms with E-state index in [1.54, 1.807) is 0 Å². The van der Waals surface area contributed by atoms with Crippen molar-refractivity contribution in [1.82, 2.24) is 0 Å². The molecule has 0 N–H and O–H groups in total. The quantitative estimate of drug-likeness (QED) is 0.549. The van der Waals surface area contributed by atoms with E-state index in [9.17, 15) is 0 Å². The molecule has 0 aliphatic rings. The van der Waals surface area contributed by atoms with Gasteiger partial charge in [-0.1, -0.05) is 0 Å². The molecule has 0 atom stereocenters. The van der Waals surface area contributed by atoms with Gasteiger partial charge in [0.05, 0.1) is 0 Å². The van der Waals surface area contributed by atoms with E-state index in [0.29, 0.717) is 0 Å². The van der Waals surface area contributed by atoms with Gasteiger partial charge in [0.2, 0.25) is 0 Å². The minimum absolute atomic E-state index is 1.47. The predicted octanol–water partition coefficient (Wildman–Crippen LogP) is 0.920. The molecule has 0 amide bonds. The third kappa shape index (κ3) is 1.02. The monoisotopic (exact) mass is 173 g/mol. The summed E-state index contributed by atoms with van der Waals surface area (Å²) in [5.41, 5.74) is 0. The fourth-order valence-corrected chi connectivity index (χ4v) is 1.48. The maximum atomic E-state index is 2.14. The van der Waals surface area contributed by atoms with Crippen molar-refractivity contribution < 1.29 is 24.7 Å². The number of rotatable bonds is 0. The van der Waals surface area contributed by atoms with Crippen LogP contribution in [-0.2, 0) is 24.7 Å². The Morgan fingerprint density at radius 2 is 2.50 bits per heavy atom. The SMILES string of the molecule is [Zr][c]1cccs1. The van der Waals surface area contributed by atoms with Crippen LogP contribution in [0.4, 0.5) is 0 Å². The van der Waals surface area contributed by atoms with E-state index in [2.05, 4.69) is 17.5 Å². The maximum absolute atomic E-state index is 2.14. The third-order valence-electron chi connectivity index (χ3n) is 0.521. The van der Waals surface area contributed by atoms with Gasteiger partial charge in [0, 0.05) is 0 Å². The third-order valence-corrected chi connectivity index (χ3v) is 2.48. The van der Waals surface area contributed by atoms with E-state index in [4.69, 9.17) is 0 Å². The second kappa shape index (κ2) is 2.04. The summed E-state index contributed by atoms with van der Waals surface area (Å²) < 4.78 is 1.47. The summed E-state index contributed by atoms with van der Waals surface area (Å²) in [6.45, 7) is 0. The van der Waals surface area contributed by atoms with Crippen molar-refractivity contribution in [2.75, 3.05) is 0 Å². The van der Waals surface area contributed by atoms with E-state index < -0.39 is 0 Å². The van der Waals surface area contributed by atoms with Crippen LogP contribution in [0.5, 0.6) is 0 Å². The second-order valence-electron chi connectivity index (χ2n) is 0.977. The van der Waals surface area contributed by atoms with Gasteiger partial charge in [-0.05, 0) is 0 Å². The molecular weight excluding hydrogens is 171 g/mol. The van der Waals surface area contributed by atoms with E-state index in [0.717, 1.165) is 0 Å². The first-order chi connectivity index (χ1) is 2.89. The molecule has 2 heteroatoms. The van der Waals surface area contributed by atoms with Gasteiger partial charge in [0.15, 0.2) is 0 Å². The molecule has 0 spiro atoms. The molecule has 29 valence electrons. The van der Waals surface area contributed by atoms with Crippen molar-refractivity contribution in [1.29, 1.82) is 0 Å². The van der Waals surface area contributed by atoms with Gasteiger partial charge < -0.3 is 0 Å². The van der Waals surface area contributed by atoms with Crippen LogP contribution in [0.15, 0.2) is 17.5 Å². The molecule has 0 saturated heterocycles. The summed E-state index contributed by atoms with van der Waals surface area (Å²) in [5.74, 6) is 0. The molecule has 0 bridgehead atoms. The molecule has 0 saturated carbocycles. The first-order valence-electron chi connectivity index (χ1n) is 1.65. The van der Waals surface area contributed by atoms with E-state index in [-0.39, 0.29) is 0 Å². The van der Waals surface area contributed by atoms with Crippen LogP contribution in [-0.4, -0.2) is 0 Å². The summed E-state index contributed by atoms with van der Waals surface area (Å²) in [6.07, 6.45) is 0. The van der Waals surface area contributed by atoms with Gasteiger partial charge >= 0.3 is 56.2 Å². The molecule has 1 aromatic heterocycles. The number of hydrogen-bond acceptors (Lipinski definition) is 1. The van der Waals surface area contributed by atoms with Crippen LogP contribution >= 0.6 is 11.3 Å². The molecule has 1 aromatic rings. The molecule has 0 nitrogen and oxygen atoms in total. The van der Waals surface area contributed by atoms with E-state index in [1.165, 1.54) is 27.3 Å². The first-order valence-corrected chi connectivity index (χ1v) is 3.75. The van der Waals surface area contributed by atoms with Crippen LogP contribution in [0.25, 0.3) is 0 Å². The van der Waals surface area contributed by atoms with Crippen molar-refractivity contribution in [3.63, 3.8) is 0 Å². The predicted molar refractivity (Wildman–Crippen MR) is 24.0 cm³/mol. The Balaban J connectivity index is 3.05. The second-order valence-corrected chi connectivity index (χ2v) is 4.14. The Hall–Kier alpha value is 0.583. The van der Waals surface area contributed by atoms with Crippen LogP contribution in [0, 0.1) is 0 Å². The summed E-state index contributed by atoms with van der Waals surface area (Å²) >= 11 is 3.34. The van der Waals surface area contributed by atoms with Gasteiger partial charge in [0.25, 0.3) is 0 Å². The first kappa shape index (κ1) is 4.74. The topological polar surface area (TPSA) is 0 Å². The van der Waals surface area contributed by atoms with Crippen molar-refractivity contribution in [3.8, 4) is 0 Å². The molecule has 0 radical (unpaired) electrons. The molecule has 0 aliphatic heterocycles. The van der Waals surface area contributed by atoms with Gasteiger partial charge in [-0.15, -0.1) is 0 Å². The molecule has 6 heavy (non-hydrogen) atoms. The molecule has 0 fully saturated rings. The Morgan fingerprint density at radius 1 is 1.67 bits per heavy atom. The number of hydrogen-bond donors (Lipinski definition) is 0. The zero-order valence-corrected chi connectivity index (χ0v) is 6.41. The molecule has 0 aromatic carbocycles. The van der Waals surface area contributed by atoms with Crippen molar-refractivity contribution in [2.24, 2.45) is 0 Å². The van der Waals surface area contributed by atoms with Gasteiger partial charge in [-0.25, -0.2) is 0 Å². The van der Waals surface area contributed by atoms with Crippen LogP contribution in [0.2, 0.25) is 0 Å². The van der Waals surface area contributed by atoms with E-state index >= 15 is 0 Å². The summed E-state index contributed by atoms with van der Waals surface area (Å²) in [7, 11) is 0. The summed E-state index contributed by atoms with van der Waals surface area (Å²) in [6, 6.07) is 4.22. The van der Waals surface area contributed by atoms with Gasteiger partial charge in [0.1, 0.15) is 0 Å². The Bertz CT molecular complexity index is 111. The standard InChI is InChI=1S/C4H3S.Zr/c1-2-4-5-3-1;/h1-3H;. The fraction of sp³-hybridized carbons (Fsp3) is 0. The molecular formula is C4H3SZr. The van der Waals surface area contributed by atoms with Crippen molar-refractivity contribution in [3.05, 3.63) is 17.5 Å². The van der Waals surface area contributed by atoms with Crippen LogP contribution in [0.1, 0.15) is 0 Å². The molecule has 0 aliphatic carbocycles. The van der Waals surface area contributed by atoms with E-state index in [1.807, 2.05) is 11.3 Å². The minimum atomic E-state index is 1.47. The Labute approximate surface area is 56.0 Å². The number of thiophene rings is 1. The molecule has 0 unspecified atom stereocenters. The van der Waals surface area contributed by atoms with Crippen molar-refractivity contribution >= 4 is 13.9 Å². The fourth-order valence-electron chi connectivity index (χ4n) is 0.279. The summed E-state index contributed by atoms with van der Waals surface area (Å²) in [5, 5.41) is 2.10. The van der Waals surface area contributed by atoms with Crippen LogP contribution in [0.3, 0.4) is 0 Å². The van der Waals surface area contributed by atoms with Gasteiger partial charge in [-0.2, -0.15) is 0 Å². The average molecular weight is 174 g/mol. The van der Waals surface area contributed by atoms with Crippen molar-refractivity contribution in [2.45, 2.75) is 0 Å². The zero-order chi connectivity index (χ0) is 4.41. The zero-order valence-electron chi connectivity index (χ0n) is 3.14. The summed E-state index contributed by atoms with van der Waals surface area (Å²) in [4.78, 5) is 0. The van der Waals surface area contributed by atoms with Gasteiger partial charge in [-0.3, -0.25) is 0 Å². The normalized spacial score (nSPS) is 8.50. The molecule has 1 rings (SSSR count). The average Bonchev–Trinajstić information content (AvgIpc) is 1.86. The Kier molecular flexibility index (Phi) is 1.61.